The number of hydrogen-bond acceptors (Lipinski definition) is 6. The van der Waals surface area contributed by atoms with E-state index in [4.69, 9.17) is 4.74 Å². The minimum absolute atomic E-state index is 0.0221. The summed E-state index contributed by atoms with van der Waals surface area (Å²) in [5, 5.41) is 2.77. The van der Waals surface area contributed by atoms with Crippen molar-refractivity contribution in [2.45, 2.75) is 57.4 Å². The summed E-state index contributed by atoms with van der Waals surface area (Å²) in [5.74, 6) is -0.637. The molecule has 1 heterocycles. The summed E-state index contributed by atoms with van der Waals surface area (Å²) in [4.78, 5) is 26.9. The molecule has 0 aliphatic carbocycles. The third kappa shape index (κ3) is 6.26. The van der Waals surface area contributed by atoms with Gasteiger partial charge in [-0.15, -0.1) is 0 Å². The average Bonchev–Trinajstić information content (AvgIpc) is 3.25. The maximum atomic E-state index is 12.8. The van der Waals surface area contributed by atoms with Crippen LogP contribution in [0.15, 0.2) is 29.2 Å². The summed E-state index contributed by atoms with van der Waals surface area (Å²) in [6.45, 7) is 7.56. The second-order valence-corrected chi connectivity index (χ2v) is 9.27. The van der Waals surface area contributed by atoms with Gasteiger partial charge in [0.25, 0.3) is 0 Å². The van der Waals surface area contributed by atoms with Crippen LogP contribution in [0, 0.1) is 0 Å². The van der Waals surface area contributed by atoms with Gasteiger partial charge in [0.05, 0.1) is 18.0 Å². The number of hydrogen-bond donors (Lipinski definition) is 1. The third-order valence-electron chi connectivity index (χ3n) is 5.06. The minimum atomic E-state index is -3.55. The van der Waals surface area contributed by atoms with E-state index in [0.717, 1.165) is 19.3 Å². The lowest BCUT2D eigenvalue weighted by Crippen LogP contribution is -2.46. The Balaban J connectivity index is 2.09. The standard InChI is InChI=1S/C21H33N3O5S/c1-4-12-23(19(5-2)21(26)29-6-3)16-20(25)22-17-10-9-11-18(15-17)30(27,28)24-13-7-8-14-24/h9-11,15,19H,4-8,12-14,16H2,1-3H3,(H,22,25)/t19-/m0/s1. The number of sulfonamides is 1. The quantitative estimate of drug-likeness (QED) is 0.532. The lowest BCUT2D eigenvalue weighted by molar-refractivity contribution is -0.150. The first-order valence-electron chi connectivity index (χ1n) is 10.6. The zero-order chi connectivity index (χ0) is 22.1. The van der Waals surface area contributed by atoms with Crippen molar-refractivity contribution >= 4 is 27.6 Å². The van der Waals surface area contributed by atoms with Gasteiger partial charge in [0.1, 0.15) is 6.04 Å². The Bertz CT molecular complexity index is 822. The molecule has 1 amide bonds. The average molecular weight is 440 g/mol. The number of anilines is 1. The van der Waals surface area contributed by atoms with Crippen LogP contribution in [-0.2, 0) is 24.3 Å². The van der Waals surface area contributed by atoms with Crippen molar-refractivity contribution in [3.63, 3.8) is 0 Å². The monoisotopic (exact) mass is 439 g/mol. The van der Waals surface area contributed by atoms with Crippen LogP contribution in [0.5, 0.6) is 0 Å². The van der Waals surface area contributed by atoms with Crippen LogP contribution < -0.4 is 5.32 Å². The summed E-state index contributed by atoms with van der Waals surface area (Å²) >= 11 is 0. The zero-order valence-electron chi connectivity index (χ0n) is 18.1. The first-order valence-corrected chi connectivity index (χ1v) is 12.1. The van der Waals surface area contributed by atoms with Crippen molar-refractivity contribution in [3.05, 3.63) is 24.3 Å². The van der Waals surface area contributed by atoms with E-state index in [1.54, 1.807) is 30.0 Å². The van der Waals surface area contributed by atoms with Crippen LogP contribution in [0.25, 0.3) is 0 Å². The minimum Gasteiger partial charge on any atom is -0.465 e. The highest BCUT2D eigenvalue weighted by molar-refractivity contribution is 7.89. The van der Waals surface area contributed by atoms with Gasteiger partial charge in [-0.05, 0) is 57.4 Å². The maximum absolute atomic E-state index is 12.8. The first-order chi connectivity index (χ1) is 14.3. The Morgan fingerprint density at radius 3 is 2.50 bits per heavy atom. The molecule has 0 spiro atoms. The van der Waals surface area contributed by atoms with Gasteiger partial charge in [0.15, 0.2) is 0 Å². The van der Waals surface area contributed by atoms with Gasteiger partial charge in [-0.2, -0.15) is 4.31 Å². The topological polar surface area (TPSA) is 96.0 Å². The fraction of sp³-hybridized carbons (Fsp3) is 0.619. The van der Waals surface area contributed by atoms with Gasteiger partial charge in [-0.3, -0.25) is 14.5 Å². The van der Waals surface area contributed by atoms with Crippen LogP contribution in [0.1, 0.15) is 46.5 Å². The van der Waals surface area contributed by atoms with E-state index >= 15 is 0 Å². The Morgan fingerprint density at radius 1 is 1.20 bits per heavy atom. The predicted molar refractivity (Wildman–Crippen MR) is 116 cm³/mol. The summed E-state index contributed by atoms with van der Waals surface area (Å²) in [7, 11) is -3.55. The normalized spacial score (nSPS) is 15.9. The molecule has 1 fully saturated rings. The number of amides is 1. The Morgan fingerprint density at radius 2 is 1.90 bits per heavy atom. The van der Waals surface area contributed by atoms with Crippen molar-refractivity contribution < 1.29 is 22.7 Å². The predicted octanol–water partition coefficient (Wildman–Crippen LogP) is 2.46. The van der Waals surface area contributed by atoms with Crippen LogP contribution >= 0.6 is 0 Å². The second-order valence-electron chi connectivity index (χ2n) is 7.33. The molecule has 30 heavy (non-hydrogen) atoms. The summed E-state index contributed by atoms with van der Waals surface area (Å²) in [6, 6.07) is 5.82. The van der Waals surface area contributed by atoms with Crippen LogP contribution in [0.2, 0.25) is 0 Å². The van der Waals surface area contributed by atoms with Crippen LogP contribution in [-0.4, -0.2) is 68.3 Å². The number of rotatable bonds is 11. The molecule has 0 unspecified atom stereocenters. The van der Waals surface area contributed by atoms with Gasteiger partial charge in [0, 0.05) is 18.8 Å². The summed E-state index contributed by atoms with van der Waals surface area (Å²) in [6.07, 6.45) is 3.05. The number of esters is 1. The molecule has 1 aromatic carbocycles. The first kappa shape index (κ1) is 24.3. The molecule has 1 aliphatic rings. The van der Waals surface area contributed by atoms with Gasteiger partial charge in [0.2, 0.25) is 15.9 Å². The number of carbonyl (C=O) groups is 2. The maximum Gasteiger partial charge on any atom is 0.323 e. The molecule has 9 heteroatoms. The van der Waals surface area contributed by atoms with Gasteiger partial charge < -0.3 is 10.1 Å². The SMILES string of the molecule is CCCN(CC(=O)Nc1cccc(S(=O)(=O)N2CCCC2)c1)[C@@H](CC)C(=O)OCC. The van der Waals surface area contributed by atoms with E-state index < -0.39 is 16.1 Å². The molecule has 0 radical (unpaired) electrons. The Kier molecular flexibility index (Phi) is 9.26. The number of nitrogens with zero attached hydrogens (tertiary/aromatic N) is 2. The molecule has 8 nitrogen and oxygen atoms in total. The molecule has 0 saturated carbocycles. The molecule has 1 saturated heterocycles. The van der Waals surface area contributed by atoms with E-state index in [-0.39, 0.29) is 23.3 Å². The molecular weight excluding hydrogens is 406 g/mol. The van der Waals surface area contributed by atoms with E-state index in [1.165, 1.54) is 10.4 Å². The van der Waals surface area contributed by atoms with Gasteiger partial charge in [-0.25, -0.2) is 8.42 Å². The third-order valence-corrected chi connectivity index (χ3v) is 6.96. The molecule has 1 atom stereocenters. The zero-order valence-corrected chi connectivity index (χ0v) is 18.9. The van der Waals surface area contributed by atoms with E-state index in [2.05, 4.69) is 5.32 Å². The Labute approximate surface area is 179 Å². The van der Waals surface area contributed by atoms with E-state index in [1.807, 2.05) is 13.8 Å². The van der Waals surface area contributed by atoms with E-state index in [0.29, 0.717) is 38.3 Å². The largest absolute Gasteiger partial charge is 0.465 e. The molecule has 0 aromatic heterocycles. The number of benzene rings is 1. The van der Waals surface area contributed by atoms with Crippen LogP contribution in [0.3, 0.4) is 0 Å². The van der Waals surface area contributed by atoms with Crippen molar-refractivity contribution in [1.82, 2.24) is 9.21 Å². The van der Waals surface area contributed by atoms with Crippen molar-refractivity contribution in [2.75, 3.05) is 38.1 Å². The number of nitrogens with one attached hydrogen (secondary N) is 1. The number of ether oxygens (including phenoxy) is 1. The van der Waals surface area contributed by atoms with Crippen molar-refractivity contribution in [3.8, 4) is 0 Å². The van der Waals surface area contributed by atoms with E-state index in [9.17, 15) is 18.0 Å². The summed E-state index contributed by atoms with van der Waals surface area (Å²) < 4.78 is 32.1. The fourth-order valence-electron chi connectivity index (χ4n) is 3.64. The highest BCUT2D eigenvalue weighted by Gasteiger charge is 2.28. The molecule has 1 aromatic rings. The van der Waals surface area contributed by atoms with Gasteiger partial charge in [-0.1, -0.05) is 19.9 Å². The lowest BCUT2D eigenvalue weighted by Gasteiger charge is -2.28. The highest BCUT2D eigenvalue weighted by atomic mass is 32.2. The molecule has 1 N–H and O–H groups in total. The van der Waals surface area contributed by atoms with Crippen molar-refractivity contribution in [2.24, 2.45) is 0 Å². The second kappa shape index (κ2) is 11.4. The molecule has 2 rings (SSSR count). The molecule has 168 valence electrons. The molecule has 0 bridgehead atoms. The molecule has 1 aliphatic heterocycles. The summed E-state index contributed by atoms with van der Waals surface area (Å²) in [5.41, 5.74) is 0.418. The van der Waals surface area contributed by atoms with Crippen molar-refractivity contribution in [1.29, 1.82) is 0 Å². The fourth-order valence-corrected chi connectivity index (χ4v) is 5.21. The Hall–Kier alpha value is -1.97. The number of carbonyl (C=O) groups excluding carboxylic acids is 2. The highest BCUT2D eigenvalue weighted by Crippen LogP contribution is 2.23. The molecular formula is C21H33N3O5S. The smallest absolute Gasteiger partial charge is 0.323 e. The van der Waals surface area contributed by atoms with Crippen LogP contribution in [0.4, 0.5) is 5.69 Å². The lowest BCUT2D eigenvalue weighted by atomic mass is 10.1. The van der Waals surface area contributed by atoms with Gasteiger partial charge >= 0.3 is 5.97 Å².